The van der Waals surface area contributed by atoms with Crippen molar-refractivity contribution in [1.82, 2.24) is 9.21 Å². The van der Waals surface area contributed by atoms with E-state index in [-0.39, 0.29) is 37.1 Å². The van der Waals surface area contributed by atoms with Crippen LogP contribution < -0.4 is 0 Å². The van der Waals surface area contributed by atoms with Gasteiger partial charge in [-0.1, -0.05) is 0 Å². The molecule has 0 aromatic heterocycles. The minimum Gasteiger partial charge on any atom is -0.439 e. The zero-order valence-electron chi connectivity index (χ0n) is 11.7. The van der Waals surface area contributed by atoms with E-state index >= 15 is 0 Å². The van der Waals surface area contributed by atoms with Crippen LogP contribution in [-0.2, 0) is 19.6 Å². The number of sulfonamides is 1. The minimum absolute atomic E-state index is 0.0709. The number of halogens is 2. The van der Waals surface area contributed by atoms with Gasteiger partial charge in [-0.2, -0.15) is 4.31 Å². The number of carbonyl (C=O) groups excluding carboxylic acids is 2. The van der Waals surface area contributed by atoms with Gasteiger partial charge in [0.2, 0.25) is 10.0 Å². The van der Waals surface area contributed by atoms with E-state index in [9.17, 15) is 26.8 Å². The van der Waals surface area contributed by atoms with Gasteiger partial charge in [0.15, 0.2) is 18.2 Å². The first-order valence-electron chi connectivity index (χ1n) is 6.71. The molecule has 23 heavy (non-hydrogen) atoms. The number of amides is 2. The normalized spacial score (nSPS) is 19.8. The van der Waals surface area contributed by atoms with Crippen molar-refractivity contribution in [3.8, 4) is 0 Å². The molecule has 3 rings (SSSR count). The van der Waals surface area contributed by atoms with Crippen LogP contribution in [0.15, 0.2) is 23.1 Å². The van der Waals surface area contributed by atoms with Crippen LogP contribution in [0.4, 0.5) is 13.6 Å². The molecule has 124 valence electrons. The number of hydrogen-bond acceptors (Lipinski definition) is 5. The summed E-state index contributed by atoms with van der Waals surface area (Å²) in [6, 6.07) is 2.36. The second-order valence-corrected chi connectivity index (χ2v) is 7.26. The minimum atomic E-state index is -3.93. The smallest absolute Gasteiger partial charge is 0.417 e. The van der Waals surface area contributed by atoms with E-state index in [1.165, 1.54) is 0 Å². The van der Waals surface area contributed by atoms with Crippen LogP contribution in [0.1, 0.15) is 0 Å². The van der Waals surface area contributed by atoms with Crippen LogP contribution in [0.2, 0.25) is 0 Å². The van der Waals surface area contributed by atoms with E-state index in [0.717, 1.165) is 21.3 Å². The number of cyclic esters (lactones) is 1. The summed E-state index contributed by atoms with van der Waals surface area (Å²) in [6.07, 6.45) is -0.739. The number of imide groups is 1. The predicted molar refractivity (Wildman–Crippen MR) is 71.7 cm³/mol. The van der Waals surface area contributed by atoms with Crippen molar-refractivity contribution < 1.29 is 31.5 Å². The molecule has 0 radical (unpaired) electrons. The van der Waals surface area contributed by atoms with Gasteiger partial charge in [0.25, 0.3) is 5.91 Å². The summed E-state index contributed by atoms with van der Waals surface area (Å²) >= 11 is 0. The Bertz CT molecular complexity index is 761. The second-order valence-electron chi connectivity index (χ2n) is 5.32. The van der Waals surface area contributed by atoms with Gasteiger partial charge in [0.05, 0.1) is 4.90 Å². The van der Waals surface area contributed by atoms with Crippen molar-refractivity contribution >= 4 is 22.0 Å². The van der Waals surface area contributed by atoms with Crippen molar-refractivity contribution in [3.05, 3.63) is 29.8 Å². The molecule has 0 unspecified atom stereocenters. The van der Waals surface area contributed by atoms with Crippen LogP contribution in [0.5, 0.6) is 0 Å². The second kappa shape index (κ2) is 5.53. The van der Waals surface area contributed by atoms with Crippen molar-refractivity contribution in [2.45, 2.75) is 4.90 Å². The number of nitrogens with zero attached hydrogens (tertiary/aromatic N) is 2. The molecule has 0 atom stereocenters. The van der Waals surface area contributed by atoms with Gasteiger partial charge in [0, 0.05) is 25.6 Å². The molecule has 2 aliphatic heterocycles. The molecule has 10 heteroatoms. The molecule has 2 aliphatic rings. The molecule has 1 aromatic rings. The van der Waals surface area contributed by atoms with E-state index in [4.69, 9.17) is 0 Å². The van der Waals surface area contributed by atoms with Gasteiger partial charge in [-0.25, -0.2) is 26.9 Å². The molecule has 1 aromatic carbocycles. The third kappa shape index (κ3) is 2.79. The molecule has 0 saturated carbocycles. The number of carbonyl (C=O) groups is 2. The molecule has 0 spiro atoms. The molecule has 7 nitrogen and oxygen atoms in total. The summed E-state index contributed by atoms with van der Waals surface area (Å²) in [5.74, 6) is -3.05. The fourth-order valence-corrected chi connectivity index (χ4v) is 4.04. The van der Waals surface area contributed by atoms with E-state index in [1.807, 2.05) is 0 Å². The van der Waals surface area contributed by atoms with Crippen molar-refractivity contribution in [2.75, 3.05) is 26.2 Å². The maximum absolute atomic E-state index is 13.2. The number of hydrogen-bond donors (Lipinski definition) is 0. The topological polar surface area (TPSA) is 84.0 Å². The zero-order chi connectivity index (χ0) is 16.8. The van der Waals surface area contributed by atoms with Gasteiger partial charge in [-0.05, 0) is 18.2 Å². The molecule has 2 saturated heterocycles. The fourth-order valence-electron chi connectivity index (χ4n) is 2.44. The third-order valence-corrected chi connectivity index (χ3v) is 5.56. The van der Waals surface area contributed by atoms with Crippen molar-refractivity contribution in [1.29, 1.82) is 0 Å². The quantitative estimate of drug-likeness (QED) is 0.796. The summed E-state index contributed by atoms with van der Waals surface area (Å²) in [5, 5.41) is 0. The summed E-state index contributed by atoms with van der Waals surface area (Å²) in [7, 11) is -3.93. The summed E-state index contributed by atoms with van der Waals surface area (Å²) in [4.78, 5) is 23.3. The molecule has 0 bridgehead atoms. The van der Waals surface area contributed by atoms with Crippen LogP contribution in [0.25, 0.3) is 0 Å². The Kier molecular flexibility index (Phi) is 3.80. The molecular formula is C13H12F2N2O5S. The van der Waals surface area contributed by atoms with Crippen LogP contribution in [0, 0.1) is 17.6 Å². The molecule has 0 N–H and O–H groups in total. The number of rotatable bonds is 4. The van der Waals surface area contributed by atoms with E-state index < -0.39 is 33.7 Å². The van der Waals surface area contributed by atoms with Gasteiger partial charge in [0.1, 0.15) is 0 Å². The SMILES string of the molecule is O=C1COC(=O)N1CC1CN(S(=O)(=O)c2ccc(F)c(F)c2)C1. The van der Waals surface area contributed by atoms with Crippen LogP contribution in [-0.4, -0.2) is 55.9 Å². The van der Waals surface area contributed by atoms with Gasteiger partial charge in [-0.3, -0.25) is 4.79 Å². The summed E-state index contributed by atoms with van der Waals surface area (Å²) in [5.41, 5.74) is 0. The highest BCUT2D eigenvalue weighted by Crippen LogP contribution is 2.27. The first-order valence-corrected chi connectivity index (χ1v) is 8.15. The van der Waals surface area contributed by atoms with E-state index in [2.05, 4.69) is 4.74 Å². The predicted octanol–water partition coefficient (Wildman–Crippen LogP) is 0.564. The summed E-state index contributed by atoms with van der Waals surface area (Å²) < 4.78 is 56.2. The number of benzene rings is 1. The Balaban J connectivity index is 1.65. The molecular weight excluding hydrogens is 334 g/mol. The van der Waals surface area contributed by atoms with E-state index in [1.54, 1.807) is 0 Å². The zero-order valence-corrected chi connectivity index (χ0v) is 12.6. The average molecular weight is 346 g/mol. The highest BCUT2D eigenvalue weighted by molar-refractivity contribution is 7.89. The van der Waals surface area contributed by atoms with Gasteiger partial charge >= 0.3 is 6.09 Å². The Hall–Kier alpha value is -2.07. The van der Waals surface area contributed by atoms with Crippen molar-refractivity contribution in [3.63, 3.8) is 0 Å². The lowest BCUT2D eigenvalue weighted by atomic mass is 10.0. The van der Waals surface area contributed by atoms with Crippen molar-refractivity contribution in [2.24, 2.45) is 5.92 Å². The first kappa shape index (κ1) is 15.8. The lowest BCUT2D eigenvalue weighted by Gasteiger charge is -2.38. The average Bonchev–Trinajstić information content (AvgIpc) is 2.76. The molecule has 2 fully saturated rings. The van der Waals surface area contributed by atoms with Crippen LogP contribution >= 0.6 is 0 Å². The molecule has 2 heterocycles. The third-order valence-electron chi connectivity index (χ3n) is 3.73. The maximum atomic E-state index is 13.2. The lowest BCUT2D eigenvalue weighted by Crippen LogP contribution is -2.54. The van der Waals surface area contributed by atoms with Gasteiger partial charge in [-0.15, -0.1) is 0 Å². The fraction of sp³-hybridized carbons (Fsp3) is 0.385. The van der Waals surface area contributed by atoms with Crippen LogP contribution in [0.3, 0.4) is 0 Å². The number of ether oxygens (including phenoxy) is 1. The Morgan fingerprint density at radius 1 is 1.17 bits per heavy atom. The van der Waals surface area contributed by atoms with Gasteiger partial charge < -0.3 is 4.74 Å². The monoisotopic (exact) mass is 346 g/mol. The Morgan fingerprint density at radius 2 is 1.87 bits per heavy atom. The summed E-state index contributed by atoms with van der Waals surface area (Å²) in [6.45, 7) is -0.0688. The maximum Gasteiger partial charge on any atom is 0.417 e. The highest BCUT2D eigenvalue weighted by Gasteiger charge is 2.41. The molecule has 0 aliphatic carbocycles. The first-order chi connectivity index (χ1) is 10.8. The molecule has 2 amide bonds. The Labute approximate surface area is 130 Å². The lowest BCUT2D eigenvalue weighted by molar-refractivity contribution is -0.126. The van der Waals surface area contributed by atoms with E-state index in [0.29, 0.717) is 6.07 Å². The largest absolute Gasteiger partial charge is 0.439 e. The highest BCUT2D eigenvalue weighted by atomic mass is 32.2. The standard InChI is InChI=1S/C13H12F2N2O5S/c14-10-2-1-9(3-11(10)15)23(20,21)16-4-8(5-16)6-17-12(18)7-22-13(17)19/h1-3,8H,4-7H2. The Morgan fingerprint density at radius 3 is 2.43 bits per heavy atom.